The first kappa shape index (κ1) is 23.0. The van der Waals surface area contributed by atoms with Gasteiger partial charge in [-0.05, 0) is 83.5 Å². The number of nitrogens with zero attached hydrogens (tertiary/aromatic N) is 4. The van der Waals surface area contributed by atoms with Gasteiger partial charge < -0.3 is 10.6 Å². The summed E-state index contributed by atoms with van der Waals surface area (Å²) in [5.74, 6) is 3.37. The van der Waals surface area contributed by atoms with Crippen molar-refractivity contribution in [1.29, 1.82) is 0 Å². The summed E-state index contributed by atoms with van der Waals surface area (Å²) in [4.78, 5) is 32.5. The largest absolute Gasteiger partial charge is 0.335 e. The van der Waals surface area contributed by atoms with Gasteiger partial charge in [0.2, 0.25) is 11.9 Å². The Kier molecular flexibility index (Phi) is 7.40. The van der Waals surface area contributed by atoms with Gasteiger partial charge in [0.15, 0.2) is 0 Å². The van der Waals surface area contributed by atoms with Crippen molar-refractivity contribution in [2.24, 2.45) is 11.8 Å². The van der Waals surface area contributed by atoms with E-state index in [4.69, 9.17) is 0 Å². The van der Waals surface area contributed by atoms with Crippen LogP contribution >= 0.6 is 0 Å². The Labute approximate surface area is 192 Å². The number of anilines is 2. The highest BCUT2D eigenvalue weighted by Gasteiger charge is 2.28. The van der Waals surface area contributed by atoms with Crippen molar-refractivity contribution >= 4 is 24.0 Å². The highest BCUT2D eigenvalue weighted by Crippen LogP contribution is 2.35. The fourth-order valence-electron chi connectivity index (χ4n) is 5.00. The average Bonchev–Trinajstić information content (AvgIpc) is 3.38. The zero-order chi connectivity index (χ0) is 23.2. The normalized spacial score (nSPS) is 25.3. The SMILES string of the molecule is Cc1nc(NC(=O)NC2CCC(CC3CCC(NC(=O)Nc4n[nH]c(C)n4)CC3)CC2)n[nH]1. The summed E-state index contributed by atoms with van der Waals surface area (Å²) in [7, 11) is 0. The molecule has 0 radical (unpaired) electrons. The first-order valence-electron chi connectivity index (χ1n) is 11.9. The molecular formula is C21H34N10O2. The molecule has 0 unspecified atom stereocenters. The van der Waals surface area contributed by atoms with E-state index in [-0.39, 0.29) is 24.1 Å². The van der Waals surface area contributed by atoms with Gasteiger partial charge in [-0.1, -0.05) is 0 Å². The van der Waals surface area contributed by atoms with E-state index < -0.39 is 0 Å². The Morgan fingerprint density at radius 1 is 0.727 bits per heavy atom. The number of hydrogen-bond donors (Lipinski definition) is 6. The highest BCUT2D eigenvalue weighted by atomic mass is 16.2. The summed E-state index contributed by atoms with van der Waals surface area (Å²) in [6.07, 6.45) is 9.81. The second kappa shape index (κ2) is 10.6. The third-order valence-corrected chi connectivity index (χ3v) is 6.68. The van der Waals surface area contributed by atoms with Crippen molar-refractivity contribution in [3.05, 3.63) is 11.6 Å². The summed E-state index contributed by atoms with van der Waals surface area (Å²) in [6, 6.07) is -0.0870. The van der Waals surface area contributed by atoms with E-state index in [0.717, 1.165) is 51.4 Å². The van der Waals surface area contributed by atoms with Crippen LogP contribution in [0.3, 0.4) is 0 Å². The number of aromatic amines is 2. The number of nitrogens with one attached hydrogen (secondary N) is 6. The minimum atomic E-state index is -0.245. The van der Waals surface area contributed by atoms with Crippen molar-refractivity contribution in [3.8, 4) is 0 Å². The summed E-state index contributed by atoms with van der Waals surface area (Å²) in [5.41, 5.74) is 0. The number of amides is 4. The van der Waals surface area contributed by atoms with E-state index in [1.54, 1.807) is 13.8 Å². The van der Waals surface area contributed by atoms with E-state index in [9.17, 15) is 9.59 Å². The molecule has 4 rings (SSSR count). The Morgan fingerprint density at radius 2 is 1.12 bits per heavy atom. The Bertz CT molecular complexity index is 851. The molecule has 2 aliphatic carbocycles. The van der Waals surface area contributed by atoms with Crippen LogP contribution in [0.2, 0.25) is 0 Å². The molecule has 0 atom stereocenters. The van der Waals surface area contributed by atoms with Crippen LogP contribution in [0.5, 0.6) is 0 Å². The van der Waals surface area contributed by atoms with Gasteiger partial charge in [0.05, 0.1) is 0 Å². The maximum absolute atomic E-state index is 12.1. The lowest BCUT2D eigenvalue weighted by Crippen LogP contribution is -2.41. The van der Waals surface area contributed by atoms with Gasteiger partial charge in [0.25, 0.3) is 0 Å². The maximum Gasteiger partial charge on any atom is 0.321 e. The molecule has 4 amide bonds. The summed E-state index contributed by atoms with van der Waals surface area (Å²) in [6.45, 7) is 3.58. The van der Waals surface area contributed by atoms with E-state index >= 15 is 0 Å². The van der Waals surface area contributed by atoms with Crippen LogP contribution < -0.4 is 21.3 Å². The smallest absolute Gasteiger partial charge is 0.321 e. The number of H-pyrrole nitrogens is 2. The second-order valence-corrected chi connectivity index (χ2v) is 9.36. The lowest BCUT2D eigenvalue weighted by molar-refractivity contribution is 0.203. The van der Waals surface area contributed by atoms with Crippen LogP contribution in [0, 0.1) is 25.7 Å². The monoisotopic (exact) mass is 458 g/mol. The van der Waals surface area contributed by atoms with Crippen molar-refractivity contribution in [2.45, 2.75) is 83.7 Å². The van der Waals surface area contributed by atoms with Crippen LogP contribution in [0.1, 0.15) is 69.4 Å². The fourth-order valence-corrected chi connectivity index (χ4v) is 5.00. The molecule has 180 valence electrons. The zero-order valence-corrected chi connectivity index (χ0v) is 19.3. The number of aromatic nitrogens is 6. The standard InChI is InChI=1S/C21H34N10O2/c1-12-22-18(30-28-12)26-20(32)24-16-7-3-14(4-8-16)11-15-5-9-17(10-6-15)25-21(33)27-19-23-13(2)29-31-19/h14-17H,3-11H2,1-2H3,(H3,22,24,26,28,30,32)(H3,23,25,27,29,31,33). The van der Waals surface area contributed by atoms with E-state index in [1.807, 2.05) is 0 Å². The molecule has 6 N–H and O–H groups in total. The van der Waals surface area contributed by atoms with Gasteiger partial charge in [-0.25, -0.2) is 9.59 Å². The quantitative estimate of drug-likeness (QED) is 0.389. The summed E-state index contributed by atoms with van der Waals surface area (Å²) in [5, 5.41) is 24.7. The fraction of sp³-hybridized carbons (Fsp3) is 0.714. The molecule has 2 saturated carbocycles. The number of rotatable bonds is 6. The number of urea groups is 2. The topological polar surface area (TPSA) is 165 Å². The number of hydrogen-bond acceptors (Lipinski definition) is 6. The van der Waals surface area contributed by atoms with Crippen molar-refractivity contribution in [2.75, 3.05) is 10.6 Å². The average molecular weight is 459 g/mol. The third-order valence-electron chi connectivity index (χ3n) is 6.68. The molecule has 0 aliphatic heterocycles. The van der Waals surface area contributed by atoms with Gasteiger partial charge in [-0.2, -0.15) is 9.97 Å². The molecular weight excluding hydrogens is 424 g/mol. The van der Waals surface area contributed by atoms with Crippen LogP contribution in [-0.4, -0.2) is 54.5 Å². The molecule has 2 aliphatic rings. The van der Waals surface area contributed by atoms with Crippen LogP contribution in [-0.2, 0) is 0 Å². The molecule has 12 nitrogen and oxygen atoms in total. The maximum atomic E-state index is 12.1. The van der Waals surface area contributed by atoms with E-state index in [0.29, 0.717) is 35.4 Å². The molecule has 0 aromatic carbocycles. The Balaban J connectivity index is 1.10. The minimum Gasteiger partial charge on any atom is -0.335 e. The Hall–Kier alpha value is -3.18. The summed E-state index contributed by atoms with van der Waals surface area (Å²) >= 11 is 0. The Morgan fingerprint density at radius 3 is 1.45 bits per heavy atom. The molecule has 33 heavy (non-hydrogen) atoms. The lowest BCUT2D eigenvalue weighted by atomic mass is 9.75. The molecule has 2 aromatic rings. The molecule has 2 aromatic heterocycles. The molecule has 2 heterocycles. The van der Waals surface area contributed by atoms with Crippen LogP contribution in [0.25, 0.3) is 0 Å². The number of carbonyl (C=O) groups excluding carboxylic acids is 2. The number of carbonyl (C=O) groups is 2. The zero-order valence-electron chi connectivity index (χ0n) is 19.3. The van der Waals surface area contributed by atoms with Gasteiger partial charge in [0.1, 0.15) is 11.6 Å². The van der Waals surface area contributed by atoms with Crippen molar-refractivity contribution in [1.82, 2.24) is 41.0 Å². The first-order valence-corrected chi connectivity index (χ1v) is 11.9. The minimum absolute atomic E-state index is 0.201. The second-order valence-electron chi connectivity index (χ2n) is 9.36. The summed E-state index contributed by atoms with van der Waals surface area (Å²) < 4.78 is 0. The van der Waals surface area contributed by atoms with E-state index in [2.05, 4.69) is 51.6 Å². The first-order chi connectivity index (χ1) is 15.9. The van der Waals surface area contributed by atoms with Gasteiger partial charge in [-0.15, -0.1) is 10.2 Å². The van der Waals surface area contributed by atoms with Gasteiger partial charge in [-0.3, -0.25) is 20.8 Å². The number of aryl methyl sites for hydroxylation is 2. The third kappa shape index (κ3) is 6.90. The molecule has 0 spiro atoms. The molecule has 0 bridgehead atoms. The lowest BCUT2D eigenvalue weighted by Gasteiger charge is -2.34. The molecule has 2 fully saturated rings. The van der Waals surface area contributed by atoms with Gasteiger partial charge in [0, 0.05) is 12.1 Å². The van der Waals surface area contributed by atoms with Crippen molar-refractivity contribution < 1.29 is 9.59 Å². The predicted molar refractivity (Wildman–Crippen MR) is 123 cm³/mol. The van der Waals surface area contributed by atoms with Crippen molar-refractivity contribution in [3.63, 3.8) is 0 Å². The molecule has 12 heteroatoms. The predicted octanol–water partition coefficient (Wildman–Crippen LogP) is 2.99. The highest BCUT2D eigenvalue weighted by molar-refractivity contribution is 5.87. The van der Waals surface area contributed by atoms with E-state index in [1.165, 1.54) is 6.42 Å². The van der Waals surface area contributed by atoms with Crippen LogP contribution in [0.15, 0.2) is 0 Å². The van der Waals surface area contributed by atoms with Crippen LogP contribution in [0.4, 0.5) is 21.5 Å². The van der Waals surface area contributed by atoms with Gasteiger partial charge >= 0.3 is 12.1 Å². The molecule has 0 saturated heterocycles.